The third kappa shape index (κ3) is 4.87. The summed E-state index contributed by atoms with van der Waals surface area (Å²) in [6, 6.07) is 6.47. The van der Waals surface area contributed by atoms with Crippen molar-refractivity contribution in [3.63, 3.8) is 0 Å². The minimum absolute atomic E-state index is 0.0506. The number of nitrogens with one attached hydrogen (secondary N) is 1. The molecule has 188 valence electrons. The van der Waals surface area contributed by atoms with Crippen LogP contribution in [0.1, 0.15) is 62.2 Å². The van der Waals surface area contributed by atoms with Gasteiger partial charge in [0, 0.05) is 25.5 Å². The lowest BCUT2D eigenvalue weighted by atomic mass is 10.1. The molecule has 8 nitrogen and oxygen atoms in total. The minimum atomic E-state index is -3.63. The summed E-state index contributed by atoms with van der Waals surface area (Å²) in [5.74, 6) is -0.471. The van der Waals surface area contributed by atoms with Crippen LogP contribution in [0.4, 0.5) is 20.2 Å². The molecule has 35 heavy (non-hydrogen) atoms. The molecule has 0 radical (unpaired) electrons. The van der Waals surface area contributed by atoms with Gasteiger partial charge in [0.05, 0.1) is 22.4 Å². The molecule has 12 heteroatoms. The van der Waals surface area contributed by atoms with E-state index in [1.54, 1.807) is 18.2 Å². The predicted molar refractivity (Wildman–Crippen MR) is 127 cm³/mol. The van der Waals surface area contributed by atoms with E-state index in [2.05, 4.69) is 15.3 Å². The van der Waals surface area contributed by atoms with E-state index in [1.807, 2.05) is 0 Å². The molecule has 2 saturated heterocycles. The number of anilines is 2. The number of aromatic nitrogens is 3. The molecule has 2 atom stereocenters. The van der Waals surface area contributed by atoms with Crippen LogP contribution in [0.3, 0.4) is 0 Å². The Morgan fingerprint density at radius 3 is 2.54 bits per heavy atom. The van der Waals surface area contributed by atoms with E-state index in [0.717, 1.165) is 37.5 Å². The highest BCUT2D eigenvalue weighted by molar-refractivity contribution is 7.90. The standard InChI is InChI=1S/C23H25ClF2N4O4S/c1-35(31,32)17-11-13(16-5-4-10-33-16)7-8-14(17)27-15-12-18(24)28-22-20(15)29-23(21(25)26)30(22)19-6-2-3-9-34-19/h7-8,11-12,16,19,21H,2-6,9-10H2,1H3,(H,27,28). The summed E-state index contributed by atoms with van der Waals surface area (Å²) in [7, 11) is -3.63. The van der Waals surface area contributed by atoms with Gasteiger partial charge in [0.2, 0.25) is 0 Å². The molecule has 2 fully saturated rings. The zero-order chi connectivity index (χ0) is 24.7. The molecule has 0 spiro atoms. The van der Waals surface area contributed by atoms with Gasteiger partial charge in [-0.1, -0.05) is 17.7 Å². The molecule has 0 amide bonds. The van der Waals surface area contributed by atoms with Crippen LogP contribution in [0.15, 0.2) is 29.2 Å². The van der Waals surface area contributed by atoms with Gasteiger partial charge in [-0.15, -0.1) is 0 Å². The van der Waals surface area contributed by atoms with E-state index < -0.39 is 28.3 Å². The normalized spacial score (nSPS) is 21.2. The number of rotatable bonds is 6. The van der Waals surface area contributed by atoms with Crippen LogP contribution < -0.4 is 5.32 Å². The maximum Gasteiger partial charge on any atom is 0.295 e. The molecule has 1 N–H and O–H groups in total. The van der Waals surface area contributed by atoms with Gasteiger partial charge in [-0.3, -0.25) is 4.57 Å². The number of hydrogen-bond acceptors (Lipinski definition) is 7. The number of imidazole rings is 1. The van der Waals surface area contributed by atoms with Crippen molar-refractivity contribution in [3.05, 3.63) is 40.8 Å². The molecule has 0 saturated carbocycles. The first kappa shape index (κ1) is 24.4. The van der Waals surface area contributed by atoms with Crippen molar-refractivity contribution in [2.24, 2.45) is 0 Å². The molecule has 2 aliphatic rings. The number of alkyl halides is 2. The highest BCUT2D eigenvalue weighted by atomic mass is 35.5. The first-order valence-corrected chi connectivity index (χ1v) is 13.7. The second-order valence-corrected chi connectivity index (χ2v) is 11.2. The monoisotopic (exact) mass is 526 g/mol. The summed E-state index contributed by atoms with van der Waals surface area (Å²) in [6.07, 6.45) is 1.41. The Morgan fingerprint density at radius 1 is 1.09 bits per heavy atom. The zero-order valence-corrected chi connectivity index (χ0v) is 20.6. The van der Waals surface area contributed by atoms with Crippen LogP contribution in [-0.2, 0) is 19.3 Å². The lowest BCUT2D eigenvalue weighted by Gasteiger charge is -2.25. The molecule has 1 aromatic carbocycles. The van der Waals surface area contributed by atoms with E-state index in [-0.39, 0.29) is 38.7 Å². The van der Waals surface area contributed by atoms with Gasteiger partial charge in [-0.05, 0) is 49.8 Å². The molecular formula is C23H25ClF2N4O4S. The average Bonchev–Trinajstić information content (AvgIpc) is 3.48. The van der Waals surface area contributed by atoms with E-state index >= 15 is 0 Å². The summed E-state index contributed by atoms with van der Waals surface area (Å²) >= 11 is 6.28. The molecule has 0 bridgehead atoms. The van der Waals surface area contributed by atoms with Crippen molar-refractivity contribution in [1.29, 1.82) is 0 Å². The molecule has 0 aliphatic carbocycles. The van der Waals surface area contributed by atoms with Crippen molar-refractivity contribution in [2.75, 3.05) is 24.8 Å². The van der Waals surface area contributed by atoms with Gasteiger partial charge in [-0.2, -0.15) is 0 Å². The maximum absolute atomic E-state index is 14.0. The summed E-state index contributed by atoms with van der Waals surface area (Å²) in [5, 5.41) is 3.11. The number of sulfone groups is 1. The van der Waals surface area contributed by atoms with Crippen molar-refractivity contribution >= 4 is 44.0 Å². The third-order valence-electron chi connectivity index (χ3n) is 6.26. The topological polar surface area (TPSA) is 95.3 Å². The SMILES string of the molecule is CS(=O)(=O)c1cc(C2CCCO2)ccc1Nc1cc(Cl)nc2c1nc(C(F)F)n2C1CCCCO1. The van der Waals surface area contributed by atoms with E-state index in [4.69, 9.17) is 21.1 Å². The van der Waals surface area contributed by atoms with E-state index in [0.29, 0.717) is 19.6 Å². The molecule has 2 aliphatic heterocycles. The maximum atomic E-state index is 14.0. The molecular weight excluding hydrogens is 502 g/mol. The number of halogens is 3. The number of benzene rings is 1. The number of fused-ring (bicyclic) bond motifs is 1. The zero-order valence-electron chi connectivity index (χ0n) is 19.0. The van der Waals surface area contributed by atoms with Gasteiger partial charge in [-0.25, -0.2) is 27.2 Å². The Bertz CT molecular complexity index is 1350. The molecule has 4 heterocycles. The molecule has 3 aromatic rings. The van der Waals surface area contributed by atoms with Crippen LogP contribution >= 0.6 is 11.6 Å². The largest absolute Gasteiger partial charge is 0.374 e. The summed E-state index contributed by atoms with van der Waals surface area (Å²) in [6.45, 7) is 1.08. The van der Waals surface area contributed by atoms with E-state index in [9.17, 15) is 17.2 Å². The second kappa shape index (κ2) is 9.61. The second-order valence-electron chi connectivity index (χ2n) is 8.78. The number of ether oxygens (including phenoxy) is 2. The van der Waals surface area contributed by atoms with Gasteiger partial charge in [0.15, 0.2) is 21.3 Å². The Kier molecular flexibility index (Phi) is 6.69. The van der Waals surface area contributed by atoms with Gasteiger partial charge in [0.1, 0.15) is 16.9 Å². The van der Waals surface area contributed by atoms with Gasteiger partial charge < -0.3 is 14.8 Å². The minimum Gasteiger partial charge on any atom is -0.374 e. The van der Waals surface area contributed by atoms with Crippen molar-refractivity contribution < 1.29 is 26.7 Å². The first-order valence-electron chi connectivity index (χ1n) is 11.4. The van der Waals surface area contributed by atoms with E-state index in [1.165, 1.54) is 10.6 Å². The van der Waals surface area contributed by atoms with Crippen LogP contribution in [0.2, 0.25) is 5.15 Å². The van der Waals surface area contributed by atoms with Gasteiger partial charge in [0.25, 0.3) is 6.43 Å². The lowest BCUT2D eigenvalue weighted by molar-refractivity contribution is -0.0363. The highest BCUT2D eigenvalue weighted by Gasteiger charge is 2.29. The first-order chi connectivity index (χ1) is 16.7. The fourth-order valence-electron chi connectivity index (χ4n) is 4.64. The fraction of sp³-hybridized carbons (Fsp3) is 0.478. The Morgan fingerprint density at radius 2 is 1.89 bits per heavy atom. The predicted octanol–water partition coefficient (Wildman–Crippen LogP) is 5.72. The highest BCUT2D eigenvalue weighted by Crippen LogP contribution is 2.38. The summed E-state index contributed by atoms with van der Waals surface area (Å²) in [5.41, 5.74) is 1.62. The summed E-state index contributed by atoms with van der Waals surface area (Å²) in [4.78, 5) is 8.51. The lowest BCUT2D eigenvalue weighted by Crippen LogP contribution is -2.20. The number of nitrogens with zero attached hydrogens (tertiary/aromatic N) is 3. The Balaban J connectivity index is 1.61. The average molecular weight is 527 g/mol. The van der Waals surface area contributed by atoms with Crippen LogP contribution in [0, 0.1) is 0 Å². The Hall–Kier alpha value is -2.34. The van der Waals surface area contributed by atoms with Crippen LogP contribution in [0.5, 0.6) is 0 Å². The molecule has 2 unspecified atom stereocenters. The number of hydrogen-bond donors (Lipinski definition) is 1. The quantitative estimate of drug-likeness (QED) is 0.410. The Labute approximate surface area is 206 Å². The van der Waals surface area contributed by atoms with Crippen molar-refractivity contribution in [3.8, 4) is 0 Å². The van der Waals surface area contributed by atoms with Gasteiger partial charge >= 0.3 is 0 Å². The van der Waals surface area contributed by atoms with Crippen molar-refractivity contribution in [2.45, 2.75) is 55.8 Å². The molecule has 5 rings (SSSR count). The van der Waals surface area contributed by atoms with Crippen LogP contribution in [-0.4, -0.2) is 42.4 Å². The number of pyridine rings is 1. The van der Waals surface area contributed by atoms with Crippen molar-refractivity contribution in [1.82, 2.24) is 14.5 Å². The van der Waals surface area contributed by atoms with Crippen LogP contribution in [0.25, 0.3) is 11.2 Å². The third-order valence-corrected chi connectivity index (χ3v) is 7.59. The smallest absolute Gasteiger partial charge is 0.295 e. The summed E-state index contributed by atoms with van der Waals surface area (Å²) < 4.78 is 66.0. The fourth-order valence-corrected chi connectivity index (χ4v) is 5.70. The molecule has 2 aromatic heterocycles.